The topological polar surface area (TPSA) is 18.5 Å². The largest absolute Gasteiger partial charge is 0.285 e. The van der Waals surface area contributed by atoms with Crippen molar-refractivity contribution < 1.29 is 8.37 Å². The summed E-state index contributed by atoms with van der Waals surface area (Å²) in [5.74, 6) is 1.11. The van der Waals surface area contributed by atoms with E-state index >= 15 is 0 Å². The van der Waals surface area contributed by atoms with Gasteiger partial charge in [-0.2, -0.15) is 10.6 Å². The van der Waals surface area contributed by atoms with Gasteiger partial charge < -0.3 is 0 Å². The molecule has 0 rings (SSSR count). The van der Waals surface area contributed by atoms with Crippen LogP contribution in [0.15, 0.2) is 0 Å². The molecule has 76 valence electrons. The first kappa shape index (κ1) is 12.5. The molecule has 0 N–H and O–H groups in total. The van der Waals surface area contributed by atoms with Crippen LogP contribution >= 0.6 is 10.6 Å². The Morgan fingerprint density at radius 1 is 1.17 bits per heavy atom. The summed E-state index contributed by atoms with van der Waals surface area (Å²) in [4.78, 5) is 0. The minimum absolute atomic E-state index is 0.771. The fourth-order valence-electron chi connectivity index (χ4n) is 1.06. The highest BCUT2D eigenvalue weighted by Gasteiger charge is 2.12. The third-order valence-corrected chi connectivity index (χ3v) is 4.81. The molecule has 0 saturated heterocycles. The molecule has 0 amide bonds. The second-order valence-corrected chi connectivity index (χ2v) is 6.53. The summed E-state index contributed by atoms with van der Waals surface area (Å²) in [5, 5.41) is 0. The van der Waals surface area contributed by atoms with Crippen molar-refractivity contribution in [2.45, 2.75) is 26.3 Å². The molecule has 0 spiro atoms. The van der Waals surface area contributed by atoms with Crippen LogP contribution < -0.4 is 0 Å². The normalized spacial score (nSPS) is 13.6. The van der Waals surface area contributed by atoms with Crippen LogP contribution in [0.5, 0.6) is 0 Å². The Hall–Kier alpha value is 0.487. The van der Waals surface area contributed by atoms with Crippen molar-refractivity contribution in [1.29, 1.82) is 0 Å². The molecule has 0 fully saturated rings. The standard InChI is InChI=1S/C8H22O2SSi/c1-4-9-11(3,10-5-2)7-6-8-12/h4-8H2,1-3,12H3. The highest BCUT2D eigenvalue weighted by Crippen LogP contribution is 2.46. The molecule has 0 aliphatic carbocycles. The quantitative estimate of drug-likeness (QED) is 0.593. The molecule has 0 aliphatic rings. The predicted molar refractivity (Wildman–Crippen MR) is 61.0 cm³/mol. The summed E-state index contributed by atoms with van der Waals surface area (Å²) in [7, 11) is 0.114. The second-order valence-electron chi connectivity index (χ2n) is 2.80. The molecule has 0 heterocycles. The summed E-state index contributed by atoms with van der Waals surface area (Å²) in [6.07, 6.45) is 3.38. The first-order valence-corrected chi connectivity index (χ1v) is 8.20. The van der Waals surface area contributed by atoms with E-state index in [4.69, 9.17) is 8.37 Å². The van der Waals surface area contributed by atoms with Gasteiger partial charge in [-0.3, -0.25) is 8.37 Å². The van der Waals surface area contributed by atoms with Crippen molar-refractivity contribution in [3.63, 3.8) is 0 Å². The van der Waals surface area contributed by atoms with Gasteiger partial charge in [0, 0.05) is 22.3 Å². The highest BCUT2D eigenvalue weighted by molar-refractivity contribution is 8.25. The molecule has 0 radical (unpaired) electrons. The number of rotatable bonds is 7. The minimum atomic E-state index is -1.18. The molecule has 0 atom stereocenters. The van der Waals surface area contributed by atoms with Gasteiger partial charge in [0.05, 0.1) is 13.2 Å². The van der Waals surface area contributed by atoms with Crippen molar-refractivity contribution in [3.05, 3.63) is 0 Å². The Morgan fingerprint density at radius 2 is 1.67 bits per heavy atom. The molecule has 4 heteroatoms. The van der Waals surface area contributed by atoms with E-state index < -0.39 is 10.6 Å². The summed E-state index contributed by atoms with van der Waals surface area (Å²) in [6.45, 7) is 5.61. The van der Waals surface area contributed by atoms with E-state index in [2.05, 4.69) is 6.26 Å². The Labute approximate surface area is 81.2 Å². The lowest BCUT2D eigenvalue weighted by molar-refractivity contribution is 0.279. The monoisotopic (exact) mass is 210 g/mol. The zero-order valence-corrected chi connectivity index (χ0v) is 11.6. The Morgan fingerprint density at radius 3 is 2.00 bits per heavy atom. The lowest BCUT2D eigenvalue weighted by Crippen LogP contribution is -2.11. The SMILES string of the molecule is CCOS(C)(CCC[SiH3])OCC. The third kappa shape index (κ3) is 5.19. The van der Waals surface area contributed by atoms with E-state index in [9.17, 15) is 0 Å². The van der Waals surface area contributed by atoms with Crippen LogP contribution in [0.4, 0.5) is 0 Å². The Kier molecular flexibility index (Phi) is 7.23. The van der Waals surface area contributed by atoms with Crippen LogP contribution in [-0.2, 0) is 8.37 Å². The lowest BCUT2D eigenvalue weighted by Gasteiger charge is -2.38. The highest BCUT2D eigenvalue weighted by atomic mass is 32.3. The first-order valence-electron chi connectivity index (χ1n) is 4.73. The van der Waals surface area contributed by atoms with Gasteiger partial charge in [0.15, 0.2) is 0 Å². The van der Waals surface area contributed by atoms with Crippen molar-refractivity contribution in [2.75, 3.05) is 25.2 Å². The van der Waals surface area contributed by atoms with Crippen molar-refractivity contribution in [3.8, 4) is 0 Å². The smallest absolute Gasteiger partial charge is 0.0685 e. The zero-order valence-electron chi connectivity index (χ0n) is 8.76. The molecular weight excluding hydrogens is 188 g/mol. The lowest BCUT2D eigenvalue weighted by atomic mass is 10.6. The maximum absolute atomic E-state index is 5.65. The van der Waals surface area contributed by atoms with Gasteiger partial charge in [-0.15, -0.1) is 0 Å². The molecular formula is C8H22O2SSi. The summed E-state index contributed by atoms with van der Waals surface area (Å²) < 4.78 is 11.3. The van der Waals surface area contributed by atoms with Gasteiger partial charge in [0.2, 0.25) is 0 Å². The number of hydrogen-bond donors (Lipinski definition) is 0. The van der Waals surface area contributed by atoms with Crippen LogP contribution in [0.3, 0.4) is 0 Å². The molecule has 2 nitrogen and oxygen atoms in total. The first-order chi connectivity index (χ1) is 5.68. The summed E-state index contributed by atoms with van der Waals surface area (Å²) in [6, 6.07) is 1.35. The molecule has 0 aliphatic heterocycles. The van der Waals surface area contributed by atoms with E-state index in [1.807, 2.05) is 13.8 Å². The summed E-state index contributed by atoms with van der Waals surface area (Å²) in [5.41, 5.74) is 0. The zero-order chi connectivity index (χ0) is 9.45. The molecule has 0 saturated carbocycles. The van der Waals surface area contributed by atoms with Gasteiger partial charge in [0.1, 0.15) is 0 Å². The maximum Gasteiger partial charge on any atom is 0.0685 e. The Bertz CT molecular complexity index is 105. The molecule has 0 aromatic carbocycles. The van der Waals surface area contributed by atoms with Crippen LogP contribution in [0.1, 0.15) is 20.3 Å². The van der Waals surface area contributed by atoms with Gasteiger partial charge in [0.25, 0.3) is 0 Å². The average molecular weight is 210 g/mol. The number of hydrogen-bond acceptors (Lipinski definition) is 2. The van der Waals surface area contributed by atoms with Crippen molar-refractivity contribution in [2.24, 2.45) is 0 Å². The van der Waals surface area contributed by atoms with E-state index in [-0.39, 0.29) is 0 Å². The van der Waals surface area contributed by atoms with E-state index in [0.29, 0.717) is 0 Å². The van der Waals surface area contributed by atoms with Crippen LogP contribution in [-0.4, -0.2) is 35.5 Å². The van der Waals surface area contributed by atoms with Crippen molar-refractivity contribution in [1.82, 2.24) is 0 Å². The van der Waals surface area contributed by atoms with Gasteiger partial charge in [-0.1, -0.05) is 6.04 Å². The predicted octanol–water partition coefficient (Wildman–Crippen LogP) is 1.50. The van der Waals surface area contributed by atoms with Gasteiger partial charge >= 0.3 is 0 Å². The van der Waals surface area contributed by atoms with E-state index in [1.54, 1.807) is 0 Å². The molecule has 0 unspecified atom stereocenters. The molecule has 0 aromatic heterocycles. The maximum atomic E-state index is 5.65. The third-order valence-electron chi connectivity index (χ3n) is 1.60. The molecule has 12 heavy (non-hydrogen) atoms. The van der Waals surface area contributed by atoms with Gasteiger partial charge in [-0.05, 0) is 20.3 Å². The molecule has 0 aromatic rings. The van der Waals surface area contributed by atoms with Crippen LogP contribution in [0, 0.1) is 0 Å². The van der Waals surface area contributed by atoms with Gasteiger partial charge in [-0.25, -0.2) is 0 Å². The fraction of sp³-hybridized carbons (Fsp3) is 1.00. The summed E-state index contributed by atoms with van der Waals surface area (Å²) >= 11 is 0. The average Bonchev–Trinajstić information content (AvgIpc) is 2.02. The van der Waals surface area contributed by atoms with Crippen LogP contribution in [0.25, 0.3) is 0 Å². The van der Waals surface area contributed by atoms with Crippen molar-refractivity contribution >= 4 is 20.8 Å². The minimum Gasteiger partial charge on any atom is -0.285 e. The second kappa shape index (κ2) is 6.94. The Balaban J connectivity index is 3.80. The van der Waals surface area contributed by atoms with Crippen LogP contribution in [0.2, 0.25) is 6.04 Å². The van der Waals surface area contributed by atoms with E-state index in [1.165, 1.54) is 22.7 Å². The van der Waals surface area contributed by atoms with E-state index in [0.717, 1.165) is 19.0 Å². The molecule has 0 bridgehead atoms. The fourth-order valence-corrected chi connectivity index (χ4v) is 4.04.